The molecular formula is C11H12N2O2S. The van der Waals surface area contributed by atoms with Gasteiger partial charge in [0.2, 0.25) is 0 Å². The van der Waals surface area contributed by atoms with Crippen LogP contribution in [-0.4, -0.2) is 18.3 Å². The Labute approximate surface area is 99.5 Å². The summed E-state index contributed by atoms with van der Waals surface area (Å²) in [6.07, 6.45) is 0. The van der Waals surface area contributed by atoms with Crippen LogP contribution in [0.15, 0.2) is 24.3 Å². The molecule has 0 aromatic heterocycles. The molecule has 4 nitrogen and oxygen atoms in total. The third-order valence-electron chi connectivity index (χ3n) is 1.71. The summed E-state index contributed by atoms with van der Waals surface area (Å²) in [5.74, 6) is 11.3. The molecule has 0 saturated heterocycles. The fourth-order valence-corrected chi connectivity index (χ4v) is 1.09. The quantitative estimate of drug-likeness (QED) is 0.233. The molecule has 3 N–H and O–H groups in total. The Bertz CT molecular complexity index is 423. The maximum atomic E-state index is 10.9. The van der Waals surface area contributed by atoms with Crippen molar-refractivity contribution in [3.8, 4) is 17.6 Å². The number of amides is 1. The summed E-state index contributed by atoms with van der Waals surface area (Å²) >= 11 is 3.99. The second-order valence-corrected chi connectivity index (χ2v) is 3.13. The van der Waals surface area contributed by atoms with Crippen LogP contribution in [0, 0.1) is 11.8 Å². The predicted octanol–water partition coefficient (Wildman–Crippen LogP) is 0.337. The molecule has 1 aromatic rings. The number of carbonyl (C=O) groups is 1. The first-order valence-corrected chi connectivity index (χ1v) is 5.22. The molecule has 1 amide bonds. The van der Waals surface area contributed by atoms with Gasteiger partial charge >= 0.3 is 0 Å². The van der Waals surface area contributed by atoms with Gasteiger partial charge in [-0.2, -0.15) is 12.6 Å². The molecule has 84 valence electrons. The van der Waals surface area contributed by atoms with Crippen LogP contribution in [0.2, 0.25) is 0 Å². The van der Waals surface area contributed by atoms with Crippen LogP contribution in [0.25, 0.3) is 0 Å². The number of nitrogens with one attached hydrogen (secondary N) is 1. The number of thiol groups is 1. The van der Waals surface area contributed by atoms with Gasteiger partial charge in [0.1, 0.15) is 5.75 Å². The van der Waals surface area contributed by atoms with E-state index in [1.807, 2.05) is 23.6 Å². The molecule has 0 heterocycles. The molecule has 5 heteroatoms. The van der Waals surface area contributed by atoms with Crippen LogP contribution in [0.3, 0.4) is 0 Å². The zero-order valence-electron chi connectivity index (χ0n) is 8.56. The summed E-state index contributed by atoms with van der Waals surface area (Å²) in [5.41, 5.74) is 2.71. The van der Waals surface area contributed by atoms with Gasteiger partial charge in [0, 0.05) is 0 Å². The summed E-state index contributed by atoms with van der Waals surface area (Å²) in [7, 11) is 0. The first kappa shape index (κ1) is 12.4. The molecule has 0 atom stereocenters. The van der Waals surface area contributed by atoms with Gasteiger partial charge in [-0.1, -0.05) is 24.0 Å². The Morgan fingerprint density at radius 1 is 1.50 bits per heavy atom. The number of carbonyl (C=O) groups excluding carboxylic acids is 1. The van der Waals surface area contributed by atoms with E-state index in [1.165, 1.54) is 0 Å². The second kappa shape index (κ2) is 6.77. The van der Waals surface area contributed by atoms with Crippen LogP contribution in [-0.2, 0) is 4.79 Å². The van der Waals surface area contributed by atoms with E-state index in [-0.39, 0.29) is 6.61 Å². The summed E-state index contributed by atoms with van der Waals surface area (Å²) in [4.78, 5) is 10.9. The molecule has 0 spiro atoms. The van der Waals surface area contributed by atoms with Gasteiger partial charge in [0.05, 0.1) is 11.3 Å². The van der Waals surface area contributed by atoms with E-state index < -0.39 is 5.91 Å². The minimum atomic E-state index is -0.392. The molecule has 0 radical (unpaired) electrons. The third kappa shape index (κ3) is 3.85. The Morgan fingerprint density at radius 3 is 2.94 bits per heavy atom. The smallest absolute Gasteiger partial charge is 0.271 e. The second-order valence-electron chi connectivity index (χ2n) is 2.81. The predicted molar refractivity (Wildman–Crippen MR) is 65.0 cm³/mol. The van der Waals surface area contributed by atoms with E-state index in [4.69, 9.17) is 10.6 Å². The minimum Gasteiger partial charge on any atom is -0.482 e. The highest BCUT2D eigenvalue weighted by molar-refractivity contribution is 7.80. The summed E-state index contributed by atoms with van der Waals surface area (Å²) in [5, 5.41) is 0. The van der Waals surface area contributed by atoms with E-state index in [0.29, 0.717) is 11.5 Å². The molecule has 0 aliphatic heterocycles. The van der Waals surface area contributed by atoms with Crippen molar-refractivity contribution in [3.63, 3.8) is 0 Å². The van der Waals surface area contributed by atoms with Crippen molar-refractivity contribution in [3.05, 3.63) is 29.8 Å². The molecule has 0 aliphatic carbocycles. The monoisotopic (exact) mass is 236 g/mol. The van der Waals surface area contributed by atoms with Gasteiger partial charge in [-0.15, -0.1) is 0 Å². The zero-order chi connectivity index (χ0) is 11.8. The van der Waals surface area contributed by atoms with Crippen LogP contribution in [0.4, 0.5) is 0 Å². The van der Waals surface area contributed by atoms with Crippen LogP contribution in [0.5, 0.6) is 5.75 Å². The normalized spacial score (nSPS) is 8.88. The van der Waals surface area contributed by atoms with Gasteiger partial charge in [0.15, 0.2) is 6.61 Å². The number of nitrogens with two attached hydrogens (primary N) is 1. The molecule has 0 fully saturated rings. The number of rotatable bonds is 3. The number of benzene rings is 1. The Morgan fingerprint density at radius 2 is 2.25 bits per heavy atom. The lowest BCUT2D eigenvalue weighted by Crippen LogP contribution is -2.34. The number of para-hydroxylation sites is 1. The van der Waals surface area contributed by atoms with Crippen LogP contribution < -0.4 is 16.0 Å². The molecule has 0 saturated carbocycles. The topological polar surface area (TPSA) is 64.3 Å². The van der Waals surface area contributed by atoms with Gasteiger partial charge in [-0.05, 0) is 12.1 Å². The van der Waals surface area contributed by atoms with Crippen molar-refractivity contribution >= 4 is 18.5 Å². The lowest BCUT2D eigenvalue weighted by atomic mass is 10.2. The number of hydrogen-bond acceptors (Lipinski definition) is 4. The molecule has 0 bridgehead atoms. The summed E-state index contributed by atoms with van der Waals surface area (Å²) < 4.78 is 5.27. The zero-order valence-corrected chi connectivity index (χ0v) is 9.46. The molecule has 16 heavy (non-hydrogen) atoms. The third-order valence-corrected chi connectivity index (χ3v) is 1.87. The maximum absolute atomic E-state index is 10.9. The number of hydrazine groups is 1. The molecule has 1 rings (SSSR count). The van der Waals surface area contributed by atoms with Crippen molar-refractivity contribution < 1.29 is 9.53 Å². The summed E-state index contributed by atoms with van der Waals surface area (Å²) in [6, 6.07) is 7.21. The van der Waals surface area contributed by atoms with Crippen molar-refractivity contribution in [2.24, 2.45) is 5.84 Å². The van der Waals surface area contributed by atoms with Gasteiger partial charge in [-0.25, -0.2) is 5.84 Å². The highest BCUT2D eigenvalue weighted by Crippen LogP contribution is 2.16. The van der Waals surface area contributed by atoms with Crippen molar-refractivity contribution in [2.45, 2.75) is 0 Å². The molecule has 0 aliphatic rings. The lowest BCUT2D eigenvalue weighted by Gasteiger charge is -2.06. The first-order chi connectivity index (χ1) is 7.77. The van der Waals surface area contributed by atoms with Gasteiger partial charge < -0.3 is 4.74 Å². The highest BCUT2D eigenvalue weighted by Gasteiger charge is 2.03. The number of hydrogen-bond donors (Lipinski definition) is 3. The Hall–Kier alpha value is -1.64. The lowest BCUT2D eigenvalue weighted by molar-refractivity contribution is -0.123. The first-order valence-electron chi connectivity index (χ1n) is 4.59. The van der Waals surface area contributed by atoms with Crippen LogP contribution in [0.1, 0.15) is 5.56 Å². The SMILES string of the molecule is NNC(=O)COc1ccccc1C#CCS. The Balaban J connectivity index is 2.75. The average Bonchev–Trinajstić information content (AvgIpc) is 2.34. The molecule has 1 aromatic carbocycles. The Kier molecular flexibility index (Phi) is 5.26. The van der Waals surface area contributed by atoms with E-state index in [1.54, 1.807) is 6.07 Å². The van der Waals surface area contributed by atoms with E-state index >= 15 is 0 Å². The van der Waals surface area contributed by atoms with Crippen molar-refractivity contribution in [1.82, 2.24) is 5.43 Å². The average molecular weight is 236 g/mol. The molecular weight excluding hydrogens is 224 g/mol. The van der Waals surface area contributed by atoms with E-state index in [2.05, 4.69) is 24.5 Å². The standard InChI is InChI=1S/C11H12N2O2S/c12-13-11(14)8-15-10-6-2-1-4-9(10)5-3-7-16/h1-2,4,6,16H,7-8,12H2,(H,13,14). The largest absolute Gasteiger partial charge is 0.482 e. The summed E-state index contributed by atoms with van der Waals surface area (Å²) in [6.45, 7) is -0.129. The van der Waals surface area contributed by atoms with Gasteiger partial charge in [-0.3, -0.25) is 10.2 Å². The highest BCUT2D eigenvalue weighted by atomic mass is 32.1. The van der Waals surface area contributed by atoms with Crippen LogP contribution >= 0.6 is 12.6 Å². The maximum Gasteiger partial charge on any atom is 0.271 e. The van der Waals surface area contributed by atoms with E-state index in [9.17, 15) is 4.79 Å². The van der Waals surface area contributed by atoms with Gasteiger partial charge in [0.25, 0.3) is 5.91 Å². The van der Waals surface area contributed by atoms with Crippen molar-refractivity contribution in [1.29, 1.82) is 0 Å². The van der Waals surface area contributed by atoms with E-state index in [0.717, 1.165) is 5.56 Å². The molecule has 0 unspecified atom stereocenters. The number of ether oxygens (including phenoxy) is 1. The fraction of sp³-hybridized carbons (Fsp3) is 0.182. The minimum absolute atomic E-state index is 0.129. The fourth-order valence-electron chi connectivity index (χ4n) is 1.02. The van der Waals surface area contributed by atoms with Crippen molar-refractivity contribution in [2.75, 3.05) is 12.4 Å².